The molecule has 0 aromatic carbocycles. The highest BCUT2D eigenvalue weighted by molar-refractivity contribution is 7.13. The molecule has 1 unspecified atom stereocenters. The molecule has 1 amide bonds. The molecule has 9 heteroatoms. The summed E-state index contributed by atoms with van der Waals surface area (Å²) in [4.78, 5) is 34.5. The van der Waals surface area contributed by atoms with Gasteiger partial charge in [0.15, 0.2) is 5.13 Å². The van der Waals surface area contributed by atoms with Crippen molar-refractivity contribution in [3.63, 3.8) is 0 Å². The second-order valence-corrected chi connectivity index (χ2v) is 7.02. The first-order valence-corrected chi connectivity index (χ1v) is 9.64. The molecule has 0 spiro atoms. The predicted octanol–water partition coefficient (Wildman–Crippen LogP) is 3.17. The maximum atomic E-state index is 12.7. The van der Waals surface area contributed by atoms with Gasteiger partial charge in [-0.05, 0) is 31.4 Å². The number of nitrogens with zero attached hydrogens (tertiary/aromatic N) is 5. The van der Waals surface area contributed by atoms with Crippen LogP contribution in [0.4, 0.5) is 11.1 Å². The van der Waals surface area contributed by atoms with Gasteiger partial charge < -0.3 is 15.2 Å². The van der Waals surface area contributed by atoms with Gasteiger partial charge in [0, 0.05) is 30.4 Å². The Kier molecular flexibility index (Phi) is 5.20. The van der Waals surface area contributed by atoms with Gasteiger partial charge >= 0.3 is 0 Å². The van der Waals surface area contributed by atoms with Crippen molar-refractivity contribution < 1.29 is 4.79 Å². The molecular weight excluding hydrogens is 362 g/mol. The Morgan fingerprint density at radius 1 is 1.33 bits per heavy atom. The molecule has 4 rings (SSSR count). The molecule has 3 aromatic heterocycles. The lowest BCUT2D eigenvalue weighted by atomic mass is 10.00. The van der Waals surface area contributed by atoms with Gasteiger partial charge in [0.2, 0.25) is 11.9 Å². The number of thiazole rings is 1. The summed E-state index contributed by atoms with van der Waals surface area (Å²) in [6, 6.07) is 1.75. The van der Waals surface area contributed by atoms with E-state index >= 15 is 0 Å². The number of aromatic amines is 1. The fourth-order valence-electron chi connectivity index (χ4n) is 3.07. The number of carbonyl (C=O) groups is 1. The summed E-state index contributed by atoms with van der Waals surface area (Å²) in [5, 5.41) is 5.83. The minimum Gasteiger partial charge on any atom is -0.345 e. The highest BCUT2D eigenvalue weighted by Gasteiger charge is 2.28. The Hall–Kier alpha value is -3.07. The minimum absolute atomic E-state index is 0.0109. The van der Waals surface area contributed by atoms with Crippen LogP contribution in [0.15, 0.2) is 42.4 Å². The monoisotopic (exact) mass is 381 g/mol. The van der Waals surface area contributed by atoms with Crippen molar-refractivity contribution >= 4 is 34.4 Å². The number of aromatic nitrogens is 5. The standard InChI is InChI=1S/C18H19N7OS/c26-16(6-5-13-10-19-12-22-13)25-9-2-1-4-15(25)14-11-27-18(23-14)24-17-20-7-3-8-21-17/h3,5-8,10-12,15H,1-2,4,9H2,(H,19,22)(H,20,21,23,24)/b6-5+. The number of imidazole rings is 1. The largest absolute Gasteiger partial charge is 0.345 e. The van der Waals surface area contributed by atoms with Crippen LogP contribution in [0.25, 0.3) is 6.08 Å². The van der Waals surface area contributed by atoms with Crippen molar-refractivity contribution in [1.29, 1.82) is 0 Å². The van der Waals surface area contributed by atoms with Crippen LogP contribution in [0.1, 0.15) is 36.7 Å². The molecule has 4 heterocycles. The van der Waals surface area contributed by atoms with Crippen LogP contribution in [-0.2, 0) is 4.79 Å². The lowest BCUT2D eigenvalue weighted by molar-refractivity contribution is -0.129. The molecule has 1 fully saturated rings. The van der Waals surface area contributed by atoms with E-state index in [9.17, 15) is 4.79 Å². The van der Waals surface area contributed by atoms with Crippen LogP contribution in [0.3, 0.4) is 0 Å². The van der Waals surface area contributed by atoms with Crippen molar-refractivity contribution in [2.24, 2.45) is 0 Å². The Labute approximate surface area is 160 Å². The molecule has 3 aromatic rings. The molecule has 1 atom stereocenters. The minimum atomic E-state index is -0.0128. The van der Waals surface area contributed by atoms with Gasteiger partial charge in [0.1, 0.15) is 0 Å². The summed E-state index contributed by atoms with van der Waals surface area (Å²) in [7, 11) is 0. The predicted molar refractivity (Wildman–Crippen MR) is 103 cm³/mol. The molecular formula is C18H19N7OS. The fourth-order valence-corrected chi connectivity index (χ4v) is 3.82. The number of likely N-dealkylation sites (tertiary alicyclic amines) is 1. The number of hydrogen-bond acceptors (Lipinski definition) is 7. The average Bonchev–Trinajstić information content (AvgIpc) is 3.39. The van der Waals surface area contributed by atoms with E-state index in [0.29, 0.717) is 5.95 Å². The van der Waals surface area contributed by atoms with Crippen molar-refractivity contribution in [3.8, 4) is 0 Å². The third-order valence-corrected chi connectivity index (χ3v) is 5.13. The van der Waals surface area contributed by atoms with Gasteiger partial charge in [0.05, 0.1) is 30.0 Å². The van der Waals surface area contributed by atoms with E-state index in [2.05, 4.69) is 30.2 Å². The second kappa shape index (κ2) is 8.09. The molecule has 2 N–H and O–H groups in total. The molecule has 0 radical (unpaired) electrons. The molecule has 0 bridgehead atoms. The number of carbonyl (C=O) groups excluding carboxylic acids is 1. The van der Waals surface area contributed by atoms with Crippen molar-refractivity contribution in [2.45, 2.75) is 25.3 Å². The van der Waals surface area contributed by atoms with E-state index < -0.39 is 0 Å². The highest BCUT2D eigenvalue weighted by Crippen LogP contribution is 2.33. The number of rotatable bonds is 5. The van der Waals surface area contributed by atoms with E-state index in [-0.39, 0.29) is 11.9 Å². The van der Waals surface area contributed by atoms with Crippen LogP contribution < -0.4 is 5.32 Å². The number of nitrogens with one attached hydrogen (secondary N) is 2. The number of amides is 1. The molecule has 138 valence electrons. The van der Waals surface area contributed by atoms with E-state index in [0.717, 1.165) is 42.3 Å². The van der Waals surface area contributed by atoms with Crippen molar-refractivity contribution in [2.75, 3.05) is 11.9 Å². The third kappa shape index (κ3) is 4.20. The van der Waals surface area contributed by atoms with Crippen LogP contribution in [0, 0.1) is 0 Å². The summed E-state index contributed by atoms with van der Waals surface area (Å²) in [6.07, 6.45) is 13.0. The zero-order valence-electron chi connectivity index (χ0n) is 14.6. The van der Waals surface area contributed by atoms with Crippen LogP contribution in [0.2, 0.25) is 0 Å². The van der Waals surface area contributed by atoms with E-state index in [1.54, 1.807) is 43.1 Å². The summed E-state index contributed by atoms with van der Waals surface area (Å²) in [5.74, 6) is 0.501. The smallest absolute Gasteiger partial charge is 0.247 e. The topological polar surface area (TPSA) is 99.7 Å². The Morgan fingerprint density at radius 3 is 3.04 bits per heavy atom. The summed E-state index contributed by atoms with van der Waals surface area (Å²) >= 11 is 1.49. The number of H-pyrrole nitrogens is 1. The number of hydrogen-bond donors (Lipinski definition) is 2. The van der Waals surface area contributed by atoms with Crippen LogP contribution >= 0.6 is 11.3 Å². The molecule has 1 aliphatic rings. The summed E-state index contributed by atoms with van der Waals surface area (Å²) in [5.41, 5.74) is 1.71. The van der Waals surface area contributed by atoms with Gasteiger partial charge in [-0.2, -0.15) is 0 Å². The SMILES string of the molecule is O=C(/C=C/c1cnc[nH]1)N1CCCCC1c1csc(Nc2ncccn2)n1. The van der Waals surface area contributed by atoms with E-state index in [1.165, 1.54) is 11.3 Å². The van der Waals surface area contributed by atoms with Crippen LogP contribution in [-0.4, -0.2) is 42.3 Å². The normalized spacial score (nSPS) is 17.3. The van der Waals surface area contributed by atoms with Crippen molar-refractivity contribution in [1.82, 2.24) is 29.8 Å². The van der Waals surface area contributed by atoms with Gasteiger partial charge in [-0.3, -0.25) is 4.79 Å². The molecule has 8 nitrogen and oxygen atoms in total. The molecule has 0 saturated carbocycles. The van der Waals surface area contributed by atoms with Gasteiger partial charge in [-0.15, -0.1) is 11.3 Å². The Balaban J connectivity index is 1.48. The zero-order valence-corrected chi connectivity index (χ0v) is 15.4. The number of anilines is 2. The first-order valence-electron chi connectivity index (χ1n) is 8.76. The summed E-state index contributed by atoms with van der Waals surface area (Å²) < 4.78 is 0. The number of piperidine rings is 1. The van der Waals surface area contributed by atoms with E-state index in [1.807, 2.05) is 10.3 Å². The van der Waals surface area contributed by atoms with Crippen LogP contribution in [0.5, 0.6) is 0 Å². The lowest BCUT2D eigenvalue weighted by Crippen LogP contribution is -2.37. The van der Waals surface area contributed by atoms with Crippen molar-refractivity contribution in [3.05, 3.63) is 53.8 Å². The quantitative estimate of drug-likeness (QED) is 0.659. The molecule has 0 aliphatic carbocycles. The average molecular weight is 381 g/mol. The van der Waals surface area contributed by atoms with Gasteiger partial charge in [0.25, 0.3) is 0 Å². The van der Waals surface area contributed by atoms with E-state index in [4.69, 9.17) is 0 Å². The highest BCUT2D eigenvalue weighted by atomic mass is 32.1. The Bertz CT molecular complexity index is 907. The maximum absolute atomic E-state index is 12.7. The first kappa shape index (κ1) is 17.3. The molecule has 1 saturated heterocycles. The maximum Gasteiger partial charge on any atom is 0.247 e. The fraction of sp³-hybridized carbons (Fsp3) is 0.278. The summed E-state index contributed by atoms with van der Waals surface area (Å²) in [6.45, 7) is 0.735. The third-order valence-electron chi connectivity index (χ3n) is 4.36. The lowest BCUT2D eigenvalue weighted by Gasteiger charge is -2.34. The first-order chi connectivity index (χ1) is 13.3. The molecule has 27 heavy (non-hydrogen) atoms. The Morgan fingerprint density at radius 2 is 2.22 bits per heavy atom. The zero-order chi connectivity index (χ0) is 18.5. The van der Waals surface area contributed by atoms with Gasteiger partial charge in [-0.1, -0.05) is 0 Å². The van der Waals surface area contributed by atoms with Gasteiger partial charge in [-0.25, -0.2) is 19.9 Å². The molecule has 1 aliphatic heterocycles. The second-order valence-electron chi connectivity index (χ2n) is 6.16.